The van der Waals surface area contributed by atoms with Crippen LogP contribution in [0.1, 0.15) is 17.7 Å². The van der Waals surface area contributed by atoms with E-state index in [1.165, 1.54) is 27.1 Å². The number of nitrogens with zero attached hydrogens (tertiary/aromatic N) is 1. The van der Waals surface area contributed by atoms with Crippen molar-refractivity contribution in [1.29, 1.82) is 0 Å². The van der Waals surface area contributed by atoms with Crippen LogP contribution in [0.5, 0.6) is 5.75 Å². The van der Waals surface area contributed by atoms with E-state index in [1.54, 1.807) is 12.1 Å². The summed E-state index contributed by atoms with van der Waals surface area (Å²) in [6, 6.07) is 17.2. The van der Waals surface area contributed by atoms with Gasteiger partial charge >= 0.3 is 0 Å². The number of halogens is 1. The molecule has 0 bridgehead atoms. The third kappa shape index (κ3) is 5.76. The van der Waals surface area contributed by atoms with E-state index in [9.17, 15) is 9.50 Å². The third-order valence-corrected chi connectivity index (χ3v) is 6.47. The van der Waals surface area contributed by atoms with E-state index in [1.807, 2.05) is 11.3 Å². The van der Waals surface area contributed by atoms with Gasteiger partial charge in [-0.3, -0.25) is 0 Å². The molecule has 4 nitrogen and oxygen atoms in total. The van der Waals surface area contributed by atoms with Crippen molar-refractivity contribution in [1.82, 2.24) is 10.2 Å². The molecule has 1 fully saturated rings. The van der Waals surface area contributed by atoms with Crippen LogP contribution in [-0.4, -0.2) is 48.4 Å². The molecule has 154 valence electrons. The summed E-state index contributed by atoms with van der Waals surface area (Å²) < 4.78 is 19.8. The lowest BCUT2D eigenvalue weighted by Crippen LogP contribution is -2.45. The fourth-order valence-corrected chi connectivity index (χ4v) is 4.78. The minimum atomic E-state index is -0.553. The van der Waals surface area contributed by atoms with Crippen LogP contribution in [0, 0.1) is 5.82 Å². The molecule has 2 heterocycles. The maximum atomic E-state index is 12.9. The van der Waals surface area contributed by atoms with Crippen molar-refractivity contribution in [2.45, 2.75) is 31.5 Å². The van der Waals surface area contributed by atoms with Gasteiger partial charge < -0.3 is 20.1 Å². The van der Waals surface area contributed by atoms with Gasteiger partial charge in [0.2, 0.25) is 0 Å². The number of ether oxygens (including phenoxy) is 1. The number of aliphatic hydroxyl groups is 1. The molecule has 3 aromatic rings. The van der Waals surface area contributed by atoms with Gasteiger partial charge in [-0.15, -0.1) is 11.3 Å². The van der Waals surface area contributed by atoms with Crippen LogP contribution in [0.3, 0.4) is 0 Å². The lowest BCUT2D eigenvalue weighted by atomic mass is 10.0. The first-order valence-electron chi connectivity index (χ1n) is 10.2. The predicted octanol–water partition coefficient (Wildman–Crippen LogP) is 4.03. The van der Waals surface area contributed by atoms with E-state index < -0.39 is 6.10 Å². The highest BCUT2D eigenvalue weighted by Gasteiger charge is 2.21. The van der Waals surface area contributed by atoms with Crippen LogP contribution in [0.4, 0.5) is 4.39 Å². The van der Waals surface area contributed by atoms with Crippen molar-refractivity contribution in [3.8, 4) is 5.75 Å². The Labute approximate surface area is 174 Å². The topological polar surface area (TPSA) is 44.7 Å². The second kappa shape index (κ2) is 9.67. The molecule has 2 N–H and O–H groups in total. The Morgan fingerprint density at radius 1 is 1.14 bits per heavy atom. The van der Waals surface area contributed by atoms with Crippen LogP contribution in [0.2, 0.25) is 0 Å². The zero-order chi connectivity index (χ0) is 20.1. The summed E-state index contributed by atoms with van der Waals surface area (Å²) in [6.45, 7) is 3.67. The minimum Gasteiger partial charge on any atom is -0.491 e. The third-order valence-electron chi connectivity index (χ3n) is 5.35. The second-order valence-electron chi connectivity index (χ2n) is 7.63. The molecule has 1 atom stereocenters. The van der Waals surface area contributed by atoms with E-state index in [2.05, 4.69) is 40.5 Å². The van der Waals surface area contributed by atoms with Gasteiger partial charge in [-0.25, -0.2) is 4.39 Å². The largest absolute Gasteiger partial charge is 0.491 e. The molecule has 2 aromatic carbocycles. The normalized spacial score (nSPS) is 16.9. The van der Waals surface area contributed by atoms with Crippen molar-refractivity contribution in [3.63, 3.8) is 0 Å². The predicted molar refractivity (Wildman–Crippen MR) is 116 cm³/mol. The molecular weight excluding hydrogens is 387 g/mol. The number of likely N-dealkylation sites (tertiary alicyclic amines) is 1. The van der Waals surface area contributed by atoms with Gasteiger partial charge in [-0.2, -0.15) is 0 Å². The van der Waals surface area contributed by atoms with Crippen molar-refractivity contribution in [2.75, 3.05) is 26.2 Å². The van der Waals surface area contributed by atoms with E-state index in [4.69, 9.17) is 4.74 Å². The first kappa shape index (κ1) is 20.3. The maximum Gasteiger partial charge on any atom is 0.123 e. The quantitative estimate of drug-likeness (QED) is 0.584. The van der Waals surface area contributed by atoms with E-state index >= 15 is 0 Å². The standard InChI is InChI=1S/C23H27FN2O2S/c24-18-5-7-21(8-6-18)28-16-20(27)15-26-11-9-19(10-12-26)25-14-22-13-17-3-1-2-4-23(17)29-22/h1-8,13,19-20,25,27H,9-12,14-16H2. The molecule has 0 spiro atoms. The van der Waals surface area contributed by atoms with Gasteiger partial charge in [0.25, 0.3) is 0 Å². The van der Waals surface area contributed by atoms with Crippen molar-refractivity contribution in [2.24, 2.45) is 0 Å². The summed E-state index contributed by atoms with van der Waals surface area (Å²) in [5.74, 6) is 0.288. The number of nitrogens with one attached hydrogen (secondary N) is 1. The van der Waals surface area contributed by atoms with Gasteiger partial charge in [0.1, 0.15) is 24.3 Å². The molecule has 1 saturated heterocycles. The Balaban J connectivity index is 1.15. The Morgan fingerprint density at radius 2 is 1.90 bits per heavy atom. The summed E-state index contributed by atoms with van der Waals surface area (Å²) in [5.41, 5.74) is 0. The number of rotatable bonds is 8. The molecule has 0 saturated carbocycles. The number of benzene rings is 2. The molecule has 0 aliphatic carbocycles. The van der Waals surface area contributed by atoms with Crippen LogP contribution in [0.15, 0.2) is 54.6 Å². The zero-order valence-corrected chi connectivity index (χ0v) is 17.2. The summed E-state index contributed by atoms with van der Waals surface area (Å²) >= 11 is 1.86. The first-order chi connectivity index (χ1) is 14.2. The molecule has 1 unspecified atom stereocenters. The average Bonchev–Trinajstić information content (AvgIpc) is 3.16. The Kier molecular flexibility index (Phi) is 6.77. The minimum absolute atomic E-state index is 0.218. The fraction of sp³-hybridized carbons (Fsp3) is 0.391. The number of thiophene rings is 1. The summed E-state index contributed by atoms with van der Waals surface area (Å²) in [7, 11) is 0. The van der Waals surface area contributed by atoms with Crippen LogP contribution in [-0.2, 0) is 6.54 Å². The first-order valence-corrected chi connectivity index (χ1v) is 11.0. The maximum absolute atomic E-state index is 12.9. The number of fused-ring (bicyclic) bond motifs is 1. The molecule has 4 rings (SSSR count). The highest BCUT2D eigenvalue weighted by molar-refractivity contribution is 7.19. The van der Waals surface area contributed by atoms with Gasteiger partial charge in [0.05, 0.1) is 0 Å². The summed E-state index contributed by atoms with van der Waals surface area (Å²) in [5, 5.41) is 15.3. The Hall–Kier alpha value is -1.99. The molecular formula is C23H27FN2O2S. The van der Waals surface area contributed by atoms with Crippen molar-refractivity contribution in [3.05, 3.63) is 65.3 Å². The molecule has 1 aliphatic rings. The van der Waals surface area contributed by atoms with Gasteiger partial charge in [-0.1, -0.05) is 18.2 Å². The second-order valence-corrected chi connectivity index (χ2v) is 8.79. The molecule has 1 aromatic heterocycles. The highest BCUT2D eigenvalue weighted by atomic mass is 32.1. The zero-order valence-electron chi connectivity index (χ0n) is 16.4. The molecule has 0 amide bonds. The lowest BCUT2D eigenvalue weighted by molar-refractivity contribution is 0.0578. The monoisotopic (exact) mass is 414 g/mol. The van der Waals surface area contributed by atoms with Gasteiger partial charge in [0, 0.05) is 28.7 Å². The SMILES string of the molecule is OC(COc1ccc(F)cc1)CN1CCC(NCc2cc3ccccc3s2)CC1. The van der Waals surface area contributed by atoms with Gasteiger partial charge in [0.15, 0.2) is 0 Å². The van der Waals surface area contributed by atoms with Crippen LogP contribution < -0.4 is 10.1 Å². The summed E-state index contributed by atoms with van der Waals surface area (Å²) in [4.78, 5) is 3.66. The van der Waals surface area contributed by atoms with Crippen molar-refractivity contribution >= 4 is 21.4 Å². The molecule has 1 aliphatic heterocycles. The number of aliphatic hydroxyl groups excluding tert-OH is 1. The van der Waals surface area contributed by atoms with E-state index in [-0.39, 0.29) is 12.4 Å². The average molecular weight is 415 g/mol. The van der Waals surface area contributed by atoms with Crippen molar-refractivity contribution < 1.29 is 14.2 Å². The van der Waals surface area contributed by atoms with Gasteiger partial charge in [-0.05, 0) is 67.7 Å². The summed E-state index contributed by atoms with van der Waals surface area (Å²) in [6.07, 6.45) is 1.61. The number of piperidine rings is 1. The molecule has 29 heavy (non-hydrogen) atoms. The molecule has 0 radical (unpaired) electrons. The Morgan fingerprint density at radius 3 is 2.66 bits per heavy atom. The fourth-order valence-electron chi connectivity index (χ4n) is 3.76. The van der Waals surface area contributed by atoms with Crippen LogP contribution >= 0.6 is 11.3 Å². The highest BCUT2D eigenvalue weighted by Crippen LogP contribution is 2.25. The van der Waals surface area contributed by atoms with E-state index in [0.717, 1.165) is 32.5 Å². The number of hydrogen-bond donors (Lipinski definition) is 2. The number of hydrogen-bond acceptors (Lipinski definition) is 5. The smallest absolute Gasteiger partial charge is 0.123 e. The number of β-amino-alcohol motifs (C(OH)–C–C–N with tert-alkyl or cyclic N) is 1. The Bertz CT molecular complexity index is 874. The lowest BCUT2D eigenvalue weighted by Gasteiger charge is -2.33. The van der Waals surface area contributed by atoms with E-state index in [0.29, 0.717) is 18.3 Å². The molecule has 6 heteroatoms. The van der Waals surface area contributed by atoms with Crippen LogP contribution in [0.25, 0.3) is 10.1 Å².